The summed E-state index contributed by atoms with van der Waals surface area (Å²) in [6, 6.07) is 0. The lowest BCUT2D eigenvalue weighted by Gasteiger charge is -2.53. The number of carbonyl (C=O) groups excluding carboxylic acids is 1. The topological polar surface area (TPSA) is 54.0 Å². The van der Waals surface area contributed by atoms with Crippen molar-refractivity contribution in [3.8, 4) is 0 Å². The molecule has 22 heavy (non-hydrogen) atoms. The molecule has 3 atom stereocenters. The van der Waals surface area contributed by atoms with Crippen molar-refractivity contribution >= 4 is 6.29 Å². The molecule has 2 saturated carbocycles. The lowest BCUT2D eigenvalue weighted by Crippen LogP contribution is -2.57. The first-order chi connectivity index (χ1) is 10.7. The maximum absolute atomic E-state index is 10.9. The van der Waals surface area contributed by atoms with Gasteiger partial charge in [0.1, 0.15) is 6.29 Å². The molecule has 0 N–H and O–H groups in total. The first kappa shape index (κ1) is 15.1. The molecule has 2 aliphatic heterocycles. The summed E-state index contributed by atoms with van der Waals surface area (Å²) in [5, 5.41) is 0. The highest BCUT2D eigenvalue weighted by atomic mass is 16.7. The molecule has 0 aromatic rings. The van der Waals surface area contributed by atoms with Crippen molar-refractivity contribution in [3.63, 3.8) is 0 Å². The van der Waals surface area contributed by atoms with E-state index in [-0.39, 0.29) is 11.3 Å². The van der Waals surface area contributed by atoms with Crippen LogP contribution in [0.2, 0.25) is 0 Å². The fourth-order valence-corrected chi connectivity index (χ4v) is 5.61. The van der Waals surface area contributed by atoms with Crippen molar-refractivity contribution in [1.82, 2.24) is 0 Å². The lowest BCUT2D eigenvalue weighted by atomic mass is 9.59. The highest BCUT2D eigenvalue weighted by molar-refractivity contribution is 5.49. The molecule has 0 unspecified atom stereocenters. The van der Waals surface area contributed by atoms with E-state index in [0.717, 1.165) is 38.4 Å². The second kappa shape index (κ2) is 5.26. The maximum Gasteiger partial charge on any atom is 0.174 e. The summed E-state index contributed by atoms with van der Waals surface area (Å²) in [5.74, 6) is -0.210. The monoisotopic (exact) mass is 310 g/mol. The third-order valence-electron chi connectivity index (χ3n) is 6.64. The Morgan fingerprint density at radius 1 is 1.00 bits per heavy atom. The molecule has 5 heteroatoms. The highest BCUT2D eigenvalue weighted by Crippen LogP contribution is 2.65. The van der Waals surface area contributed by atoms with Crippen molar-refractivity contribution in [3.05, 3.63) is 0 Å². The summed E-state index contributed by atoms with van der Waals surface area (Å²) in [4.78, 5) is 10.9. The Labute approximate surface area is 131 Å². The van der Waals surface area contributed by atoms with Gasteiger partial charge in [-0.3, -0.25) is 0 Å². The molecule has 0 aromatic heterocycles. The van der Waals surface area contributed by atoms with Gasteiger partial charge in [-0.15, -0.1) is 0 Å². The lowest BCUT2D eigenvalue weighted by molar-refractivity contribution is -0.287. The Morgan fingerprint density at radius 2 is 1.68 bits per heavy atom. The zero-order valence-electron chi connectivity index (χ0n) is 13.3. The van der Waals surface area contributed by atoms with Crippen LogP contribution in [0.5, 0.6) is 0 Å². The molecule has 4 fully saturated rings. The average molecular weight is 310 g/mol. The van der Waals surface area contributed by atoms with Crippen LogP contribution in [0.4, 0.5) is 0 Å². The van der Waals surface area contributed by atoms with Crippen LogP contribution in [-0.4, -0.2) is 44.3 Å². The smallest absolute Gasteiger partial charge is 0.174 e. The van der Waals surface area contributed by atoms with E-state index in [1.165, 1.54) is 0 Å². The number of fused-ring (bicyclic) bond motifs is 2. The van der Waals surface area contributed by atoms with Gasteiger partial charge in [-0.25, -0.2) is 0 Å². The van der Waals surface area contributed by atoms with E-state index in [1.54, 1.807) is 0 Å². The molecule has 0 radical (unpaired) electrons. The summed E-state index contributed by atoms with van der Waals surface area (Å²) in [5.41, 5.74) is -0.00237. The highest BCUT2D eigenvalue weighted by Gasteiger charge is 2.68. The number of hydrogen-bond acceptors (Lipinski definition) is 5. The van der Waals surface area contributed by atoms with Crippen molar-refractivity contribution in [2.75, 3.05) is 26.4 Å². The Balaban J connectivity index is 1.66. The fourth-order valence-electron chi connectivity index (χ4n) is 5.61. The van der Waals surface area contributed by atoms with Gasteiger partial charge in [-0.2, -0.15) is 0 Å². The van der Waals surface area contributed by atoms with Gasteiger partial charge in [0, 0.05) is 30.6 Å². The number of hydrogen-bond donors (Lipinski definition) is 0. The first-order valence-electron chi connectivity index (χ1n) is 8.65. The Kier molecular flexibility index (Phi) is 3.60. The predicted molar refractivity (Wildman–Crippen MR) is 78.1 cm³/mol. The zero-order valence-corrected chi connectivity index (χ0v) is 13.3. The SMILES string of the molecule is C[C@]12CCC3(OCCO3)[C@@H](CCC=O)[C@@H]1CCC21OCCO1. The van der Waals surface area contributed by atoms with Crippen molar-refractivity contribution < 1.29 is 23.7 Å². The number of carbonyl (C=O) groups is 1. The molecule has 5 nitrogen and oxygen atoms in total. The van der Waals surface area contributed by atoms with Crippen LogP contribution in [-0.2, 0) is 23.7 Å². The predicted octanol–water partition coefficient (Wildman–Crippen LogP) is 2.28. The van der Waals surface area contributed by atoms with Gasteiger partial charge in [-0.1, -0.05) is 6.92 Å². The summed E-state index contributed by atoms with van der Waals surface area (Å²) < 4.78 is 24.4. The van der Waals surface area contributed by atoms with Crippen LogP contribution in [0.15, 0.2) is 0 Å². The normalized spacial score (nSPS) is 42.0. The fraction of sp³-hybridized carbons (Fsp3) is 0.941. The molecule has 4 aliphatic rings. The van der Waals surface area contributed by atoms with Crippen LogP contribution in [0.25, 0.3) is 0 Å². The minimum atomic E-state index is -0.475. The van der Waals surface area contributed by atoms with E-state index >= 15 is 0 Å². The van der Waals surface area contributed by atoms with Gasteiger partial charge in [0.2, 0.25) is 0 Å². The summed E-state index contributed by atoms with van der Waals surface area (Å²) in [6.45, 7) is 5.03. The minimum absolute atomic E-state index is 0.00237. The minimum Gasteiger partial charge on any atom is -0.347 e. The second-order valence-electron chi connectivity index (χ2n) is 7.37. The van der Waals surface area contributed by atoms with Crippen LogP contribution < -0.4 is 0 Å². The van der Waals surface area contributed by atoms with E-state index < -0.39 is 11.6 Å². The van der Waals surface area contributed by atoms with Crippen molar-refractivity contribution in [1.29, 1.82) is 0 Å². The molecule has 2 heterocycles. The number of aldehydes is 1. The molecule has 2 saturated heterocycles. The van der Waals surface area contributed by atoms with E-state index in [0.29, 0.717) is 38.8 Å². The first-order valence-corrected chi connectivity index (χ1v) is 8.65. The molecular weight excluding hydrogens is 284 g/mol. The summed E-state index contributed by atoms with van der Waals surface area (Å²) >= 11 is 0. The van der Waals surface area contributed by atoms with Crippen LogP contribution in [0.3, 0.4) is 0 Å². The zero-order chi connectivity index (χ0) is 15.3. The van der Waals surface area contributed by atoms with Gasteiger partial charge < -0.3 is 23.7 Å². The molecule has 0 amide bonds. The van der Waals surface area contributed by atoms with Gasteiger partial charge >= 0.3 is 0 Å². The molecule has 2 aliphatic carbocycles. The summed E-state index contributed by atoms with van der Waals surface area (Å²) in [7, 11) is 0. The van der Waals surface area contributed by atoms with Crippen LogP contribution >= 0.6 is 0 Å². The van der Waals surface area contributed by atoms with Crippen LogP contribution in [0, 0.1) is 17.3 Å². The van der Waals surface area contributed by atoms with Gasteiger partial charge in [-0.05, 0) is 25.2 Å². The second-order valence-corrected chi connectivity index (χ2v) is 7.37. The molecule has 0 bridgehead atoms. The number of ether oxygens (including phenoxy) is 4. The molecular formula is C17H26O5. The molecule has 0 aromatic carbocycles. The van der Waals surface area contributed by atoms with Crippen molar-refractivity contribution in [2.24, 2.45) is 17.3 Å². The van der Waals surface area contributed by atoms with Gasteiger partial charge in [0.15, 0.2) is 11.6 Å². The number of rotatable bonds is 3. The third kappa shape index (κ3) is 1.89. The molecule has 4 rings (SSSR count). The Bertz CT molecular complexity index is 438. The van der Waals surface area contributed by atoms with E-state index in [1.807, 2.05) is 0 Å². The van der Waals surface area contributed by atoms with Crippen LogP contribution in [0.1, 0.15) is 45.4 Å². The maximum atomic E-state index is 10.9. The average Bonchev–Trinajstić information content (AvgIpc) is 3.23. The summed E-state index contributed by atoms with van der Waals surface area (Å²) in [6.07, 6.45) is 6.30. The van der Waals surface area contributed by atoms with E-state index in [4.69, 9.17) is 18.9 Å². The Morgan fingerprint density at radius 3 is 2.36 bits per heavy atom. The third-order valence-corrected chi connectivity index (χ3v) is 6.64. The van der Waals surface area contributed by atoms with E-state index in [9.17, 15) is 4.79 Å². The molecule has 124 valence electrons. The van der Waals surface area contributed by atoms with Gasteiger partial charge in [0.05, 0.1) is 26.4 Å². The standard InChI is InChI=1S/C17H26O5/c1-15-6-7-16(19-9-10-20-16)14(3-2-8-18)13(15)4-5-17(15)21-11-12-22-17/h8,13-14H,2-7,9-12H2,1H3/t13-,14-,15-/m0/s1. The van der Waals surface area contributed by atoms with Gasteiger partial charge in [0.25, 0.3) is 0 Å². The van der Waals surface area contributed by atoms with Crippen molar-refractivity contribution in [2.45, 2.75) is 57.0 Å². The Hall–Kier alpha value is -0.490. The quantitative estimate of drug-likeness (QED) is 0.749. The largest absolute Gasteiger partial charge is 0.347 e. The van der Waals surface area contributed by atoms with E-state index in [2.05, 4.69) is 6.92 Å². The molecule has 2 spiro atoms.